The number of hydrogen-bond donors (Lipinski definition) is 1. The van der Waals surface area contributed by atoms with Crippen LogP contribution in [0.4, 0.5) is 5.69 Å². The van der Waals surface area contributed by atoms with Gasteiger partial charge >= 0.3 is 0 Å². The van der Waals surface area contributed by atoms with Gasteiger partial charge in [0.05, 0.1) is 9.95 Å². The van der Waals surface area contributed by atoms with Crippen molar-refractivity contribution in [2.45, 2.75) is 17.7 Å². The highest BCUT2D eigenvalue weighted by Crippen LogP contribution is 2.30. The normalized spacial score (nSPS) is 17.3. The van der Waals surface area contributed by atoms with Crippen molar-refractivity contribution in [1.29, 1.82) is 0 Å². The molecule has 0 spiro atoms. The van der Waals surface area contributed by atoms with E-state index in [2.05, 4.69) is 0 Å². The molecular formula is C12H14ClN3O5S. The monoisotopic (exact) mass is 347 g/mol. The lowest BCUT2D eigenvalue weighted by atomic mass is 9.98. The zero-order valence-electron chi connectivity index (χ0n) is 11.4. The fraction of sp³-hybridized carbons (Fsp3) is 0.417. The molecule has 10 heteroatoms. The maximum Gasteiger partial charge on any atom is 0.270 e. The molecule has 0 atom stereocenters. The third-order valence-corrected chi connectivity index (χ3v) is 5.98. The number of benzene rings is 1. The minimum absolute atomic E-state index is 0.0809. The number of carbonyl (C=O) groups is 1. The first kappa shape index (κ1) is 16.7. The number of non-ortho nitro benzene ring substituents is 1. The molecule has 1 heterocycles. The zero-order chi connectivity index (χ0) is 16.5. The molecule has 120 valence electrons. The molecule has 1 aliphatic rings. The van der Waals surface area contributed by atoms with Gasteiger partial charge in [0.15, 0.2) is 0 Å². The average Bonchev–Trinajstić information content (AvgIpc) is 2.47. The topological polar surface area (TPSA) is 124 Å². The summed E-state index contributed by atoms with van der Waals surface area (Å²) in [5.74, 6) is -0.808. The molecule has 0 aliphatic carbocycles. The third kappa shape index (κ3) is 3.21. The highest BCUT2D eigenvalue weighted by Gasteiger charge is 2.33. The van der Waals surface area contributed by atoms with E-state index in [1.807, 2.05) is 0 Å². The van der Waals surface area contributed by atoms with Crippen LogP contribution in [0.25, 0.3) is 0 Å². The number of sulfonamides is 1. The van der Waals surface area contributed by atoms with Crippen LogP contribution >= 0.6 is 11.6 Å². The second-order valence-corrected chi connectivity index (χ2v) is 7.27. The van der Waals surface area contributed by atoms with Crippen LogP contribution in [0, 0.1) is 16.0 Å². The molecule has 2 N–H and O–H groups in total. The van der Waals surface area contributed by atoms with Crippen molar-refractivity contribution in [3.05, 3.63) is 33.3 Å². The second-order valence-electron chi connectivity index (χ2n) is 4.95. The summed E-state index contributed by atoms with van der Waals surface area (Å²) in [6.07, 6.45) is 0.641. The van der Waals surface area contributed by atoms with E-state index in [1.165, 1.54) is 6.07 Å². The molecule has 1 fully saturated rings. The van der Waals surface area contributed by atoms with E-state index >= 15 is 0 Å². The smallest absolute Gasteiger partial charge is 0.270 e. The molecule has 0 aromatic heterocycles. The van der Waals surface area contributed by atoms with E-state index in [-0.39, 0.29) is 34.6 Å². The quantitative estimate of drug-likeness (QED) is 0.646. The highest BCUT2D eigenvalue weighted by atomic mass is 35.5. The van der Waals surface area contributed by atoms with Crippen molar-refractivity contribution in [3.63, 3.8) is 0 Å². The molecule has 0 radical (unpaired) electrons. The summed E-state index contributed by atoms with van der Waals surface area (Å²) in [4.78, 5) is 20.9. The first-order valence-corrected chi connectivity index (χ1v) is 8.28. The predicted octanol–water partition coefficient (Wildman–Crippen LogP) is 1.13. The van der Waals surface area contributed by atoms with Crippen LogP contribution in [0.1, 0.15) is 12.8 Å². The van der Waals surface area contributed by atoms with Gasteiger partial charge in [-0.25, -0.2) is 8.42 Å². The van der Waals surface area contributed by atoms with Gasteiger partial charge in [-0.1, -0.05) is 11.6 Å². The first-order valence-electron chi connectivity index (χ1n) is 6.47. The summed E-state index contributed by atoms with van der Waals surface area (Å²) < 4.78 is 26.3. The molecule has 1 aliphatic heterocycles. The van der Waals surface area contributed by atoms with Crippen LogP contribution in [0.5, 0.6) is 0 Å². The Kier molecular flexibility index (Phi) is 4.69. The number of rotatable bonds is 4. The number of nitrogens with two attached hydrogens (primary N) is 1. The Morgan fingerprint density at radius 3 is 2.45 bits per heavy atom. The van der Waals surface area contributed by atoms with Gasteiger partial charge in [-0.15, -0.1) is 0 Å². The van der Waals surface area contributed by atoms with E-state index in [1.54, 1.807) is 0 Å². The summed E-state index contributed by atoms with van der Waals surface area (Å²) in [7, 11) is -3.95. The zero-order valence-corrected chi connectivity index (χ0v) is 13.0. The number of nitro groups is 1. The first-order chi connectivity index (χ1) is 10.2. The van der Waals surface area contributed by atoms with Crippen molar-refractivity contribution < 1.29 is 18.1 Å². The lowest BCUT2D eigenvalue weighted by Gasteiger charge is -2.29. The number of hydrogen-bond acceptors (Lipinski definition) is 5. The van der Waals surface area contributed by atoms with E-state index in [9.17, 15) is 23.3 Å². The van der Waals surface area contributed by atoms with Gasteiger partial charge < -0.3 is 5.73 Å². The molecule has 0 saturated carbocycles. The number of halogens is 1. The molecule has 2 rings (SSSR count). The molecule has 0 bridgehead atoms. The Labute approximate surface area is 132 Å². The van der Waals surface area contributed by atoms with Crippen LogP contribution in [0.2, 0.25) is 5.02 Å². The fourth-order valence-corrected chi connectivity index (χ4v) is 4.29. The van der Waals surface area contributed by atoms with E-state index in [0.717, 1.165) is 16.4 Å². The second kappa shape index (κ2) is 6.19. The molecule has 1 aromatic carbocycles. The van der Waals surface area contributed by atoms with Gasteiger partial charge in [-0.2, -0.15) is 4.31 Å². The Balaban J connectivity index is 2.30. The lowest BCUT2D eigenvalue weighted by Crippen LogP contribution is -2.41. The van der Waals surface area contributed by atoms with Gasteiger partial charge in [0.2, 0.25) is 15.9 Å². The van der Waals surface area contributed by atoms with Crippen molar-refractivity contribution in [2.24, 2.45) is 11.7 Å². The van der Waals surface area contributed by atoms with E-state index in [0.29, 0.717) is 12.8 Å². The van der Waals surface area contributed by atoms with Crippen LogP contribution in [-0.2, 0) is 14.8 Å². The average molecular weight is 348 g/mol. The van der Waals surface area contributed by atoms with Crippen LogP contribution in [0.15, 0.2) is 23.1 Å². The SMILES string of the molecule is NC(=O)C1CCN(S(=O)(=O)c2cc([N+](=O)[O-])ccc2Cl)CC1. The molecule has 22 heavy (non-hydrogen) atoms. The minimum atomic E-state index is -3.95. The Morgan fingerprint density at radius 2 is 1.95 bits per heavy atom. The van der Waals surface area contributed by atoms with E-state index in [4.69, 9.17) is 17.3 Å². The van der Waals surface area contributed by atoms with Crippen molar-refractivity contribution in [3.8, 4) is 0 Å². The summed E-state index contributed by atoms with van der Waals surface area (Å²) >= 11 is 5.88. The van der Waals surface area contributed by atoms with Crippen LogP contribution in [-0.4, -0.2) is 36.6 Å². The number of carbonyl (C=O) groups excluding carboxylic acids is 1. The molecule has 0 unspecified atom stereocenters. The lowest BCUT2D eigenvalue weighted by molar-refractivity contribution is -0.385. The van der Waals surface area contributed by atoms with Crippen molar-refractivity contribution in [2.75, 3.05) is 13.1 Å². The van der Waals surface area contributed by atoms with Gasteiger partial charge in [0.1, 0.15) is 4.90 Å². The summed E-state index contributed by atoms with van der Waals surface area (Å²) in [5.41, 5.74) is 4.86. The summed E-state index contributed by atoms with van der Waals surface area (Å²) in [5, 5.41) is 10.7. The van der Waals surface area contributed by atoms with E-state index < -0.39 is 20.9 Å². The molecule has 8 nitrogen and oxygen atoms in total. The minimum Gasteiger partial charge on any atom is -0.369 e. The van der Waals surface area contributed by atoms with Gasteiger partial charge in [-0.05, 0) is 18.9 Å². The van der Waals surface area contributed by atoms with Crippen LogP contribution < -0.4 is 5.73 Å². The Bertz CT molecular complexity index is 713. The summed E-state index contributed by atoms with van der Waals surface area (Å²) in [6.45, 7) is 0.240. The molecular weight excluding hydrogens is 334 g/mol. The Morgan fingerprint density at radius 1 is 1.36 bits per heavy atom. The molecule has 1 aromatic rings. The maximum absolute atomic E-state index is 12.6. The Hall–Kier alpha value is -1.71. The number of nitro benzene ring substituents is 1. The summed E-state index contributed by atoms with van der Waals surface area (Å²) in [6, 6.07) is 3.27. The number of amides is 1. The van der Waals surface area contributed by atoms with Crippen molar-refractivity contribution >= 4 is 33.2 Å². The number of primary amides is 1. The predicted molar refractivity (Wildman–Crippen MR) is 78.8 cm³/mol. The third-order valence-electron chi connectivity index (χ3n) is 3.60. The molecule has 1 amide bonds. The number of piperidine rings is 1. The van der Waals surface area contributed by atoms with Gasteiger partial charge in [-0.3, -0.25) is 14.9 Å². The number of nitrogens with zero attached hydrogens (tertiary/aromatic N) is 2. The van der Waals surface area contributed by atoms with Crippen LogP contribution in [0.3, 0.4) is 0 Å². The fourth-order valence-electron chi connectivity index (χ4n) is 2.32. The largest absolute Gasteiger partial charge is 0.369 e. The molecule has 1 saturated heterocycles. The van der Waals surface area contributed by atoms with Crippen molar-refractivity contribution in [1.82, 2.24) is 4.31 Å². The van der Waals surface area contributed by atoms with Gasteiger partial charge in [0.25, 0.3) is 5.69 Å². The highest BCUT2D eigenvalue weighted by molar-refractivity contribution is 7.89. The maximum atomic E-state index is 12.6. The standard InChI is InChI=1S/C12H14ClN3O5S/c13-10-2-1-9(16(18)19)7-11(10)22(20,21)15-5-3-8(4-6-15)12(14)17/h1-2,7-8H,3-6H2,(H2,14,17). The van der Waals surface area contributed by atoms with Gasteiger partial charge in [0, 0.05) is 31.1 Å².